The van der Waals surface area contributed by atoms with E-state index in [1.807, 2.05) is 209 Å². The van der Waals surface area contributed by atoms with E-state index in [1.54, 1.807) is 97.5 Å². The Balaban J connectivity index is -0.0000000999. The third kappa shape index (κ3) is 128. The van der Waals surface area contributed by atoms with Crippen molar-refractivity contribution in [2.75, 3.05) is 192 Å². The molecule has 0 heterocycles. The molecule has 134 heavy (non-hydrogen) atoms. The molecule has 0 fully saturated rings. The highest BCUT2D eigenvalue weighted by Gasteiger charge is 2.21. The van der Waals surface area contributed by atoms with Gasteiger partial charge in [-0.15, -0.1) is 58.8 Å². The van der Waals surface area contributed by atoms with Crippen molar-refractivity contribution in [2.45, 2.75) is 271 Å². The van der Waals surface area contributed by atoms with Crippen LogP contribution in [0.25, 0.3) is 0 Å². The lowest BCUT2D eigenvalue weighted by Crippen LogP contribution is -2.39. The van der Waals surface area contributed by atoms with Gasteiger partial charge in [0.1, 0.15) is 0 Å². The maximum Gasteiger partial charge on any atom is 0.325 e. The lowest BCUT2D eigenvalue weighted by Gasteiger charge is -2.22. The maximum absolute atomic E-state index is 12.0. The highest BCUT2D eigenvalue weighted by Crippen LogP contribution is 2.34. The molecule has 0 aliphatic heterocycles. The second-order valence-electron chi connectivity index (χ2n) is 28.2. The molecule has 0 bridgehead atoms. The first kappa shape index (κ1) is 152. The fourth-order valence-electron chi connectivity index (χ4n) is 8.47. The molecule has 0 aromatic heterocycles. The van der Waals surface area contributed by atoms with Gasteiger partial charge in [-0.25, -0.2) is 23.0 Å². The van der Waals surface area contributed by atoms with E-state index < -0.39 is 27.3 Å². The molecule has 7 amide bonds. The van der Waals surface area contributed by atoms with Gasteiger partial charge in [-0.2, -0.15) is 98.4 Å². The Bertz CT molecular complexity index is 3380. The fraction of sp³-hybridized carbons (Fsp3) is 0.673. The highest BCUT2D eigenvalue weighted by atomic mass is 32.2. The fourth-order valence-corrected chi connectivity index (χ4v) is 17.4. The van der Waals surface area contributed by atoms with Gasteiger partial charge in [0.2, 0.25) is 27.7 Å². The van der Waals surface area contributed by atoms with Crippen molar-refractivity contribution in [1.29, 1.82) is 0 Å². The zero-order valence-electron chi connectivity index (χ0n) is 96.5. The van der Waals surface area contributed by atoms with Crippen molar-refractivity contribution in [1.82, 2.24) is 24.3 Å². The molecule has 0 saturated heterocycles. The van der Waals surface area contributed by atoms with Gasteiger partial charge < -0.3 is 24.4 Å². The largest absolute Gasteiger partial charge is 0.862 e. The Morgan fingerprint density at radius 3 is 1.17 bits per heavy atom. The molecule has 0 aliphatic carbocycles. The second kappa shape index (κ2) is 131. The summed E-state index contributed by atoms with van der Waals surface area (Å²) in [5, 5.41) is 13.6. The summed E-state index contributed by atoms with van der Waals surface area (Å²) >= 11 is 22.2. The Kier molecular flexibility index (Phi) is 148. The number of aliphatic imine (C=N–C) groups is 1. The van der Waals surface area contributed by atoms with Crippen LogP contribution in [0.1, 0.15) is 257 Å². The molecule has 792 valence electrons. The summed E-state index contributed by atoms with van der Waals surface area (Å²) in [7, 11) is 7.80. The van der Waals surface area contributed by atoms with Gasteiger partial charge in [0.05, 0.1) is 18.1 Å². The number of hydrogen-bond acceptors (Lipinski definition) is 23. The molecular weight excluding hydrogens is 1940 g/mol. The van der Waals surface area contributed by atoms with Crippen LogP contribution in [0.5, 0.6) is 0 Å². The first-order valence-electron chi connectivity index (χ1n) is 47.7. The van der Waals surface area contributed by atoms with Crippen molar-refractivity contribution in [3.63, 3.8) is 0 Å². The molecule has 2 aromatic carbocycles. The molecular formula is C104H201N6O10S14-. The molecule has 2 unspecified atom stereocenters. The summed E-state index contributed by atoms with van der Waals surface area (Å²) in [5.41, 5.74) is 4.54. The number of benzene rings is 2. The maximum atomic E-state index is 12.0. The molecule has 2 aromatic rings. The number of unbranched alkanes of at least 4 members (excludes halogenated alkanes) is 7. The van der Waals surface area contributed by atoms with Crippen LogP contribution >= 0.6 is 153 Å². The van der Waals surface area contributed by atoms with Crippen molar-refractivity contribution >= 4 is 199 Å². The average Bonchev–Trinajstić information content (AvgIpc) is 0.815. The molecule has 0 aliphatic rings. The number of imide groups is 2. The summed E-state index contributed by atoms with van der Waals surface area (Å²) in [6.45, 7) is 56.0. The van der Waals surface area contributed by atoms with Crippen LogP contribution in [0.2, 0.25) is 0 Å². The third-order valence-corrected chi connectivity index (χ3v) is 29.5. The predicted octanol–water partition coefficient (Wildman–Crippen LogP) is 31.3. The van der Waals surface area contributed by atoms with Gasteiger partial charge in [-0.05, 0) is 239 Å². The van der Waals surface area contributed by atoms with E-state index in [0.29, 0.717) is 48.1 Å². The number of aryl methyl sites for hydroxylation is 3. The van der Waals surface area contributed by atoms with Crippen LogP contribution in [0.15, 0.2) is 150 Å². The Labute approximate surface area is 891 Å². The summed E-state index contributed by atoms with van der Waals surface area (Å²) in [5.74, 6) is 3.87. The number of nitrogens with one attached hydrogen (secondary N) is 1. The smallest absolute Gasteiger partial charge is 0.325 e. The number of hydrogen-bond donors (Lipinski definition) is 1. The standard InChI is InChI=1S/C11H17NO2S.C10H18S3.C10H20S2.C10H14.C7H12.C7H16.C6H12N2O2.C6H14.C6H10.C5H10N2O2.C5H9NO2.C5H12S2.C4H10O2.2C4H10S2.C4H8S2/c1-4-12(5-2)15(13,14)11-8-6-10(3)7-9-11;1-7(8(2)11-4)10(13-6)9(3)12-5;1-6-9(11-4)8(3)10(7-2)12-5;1-3-6-10-8-5-4-7-9(10)2;1-4-6-7(3)5-2;1-3-5-7-6-4-2;1-5(9)8(4)6(10)7(2)3;2*1-3-5-6-4-2;1-4(8)6-5(9)7(2)3;1-3-5(8)6-4(2)7;1-6-4-3-5-7-2;3*1-5-3-4-6-2;1-4(5-2)6-3/h6-9H,4-5H2,1-3H3;1-6H3;9-10H,3,6-7H2,1-2,4-5H3;4-5,7-8H,3,6H2,1-2H3;4-6H,1-3H3;3-7H2,1-2H3;1-4H3;3-6H2,1-2H3;3-6H,1-2H3;1-3H3,(H,6,8,9);3H2,1-2H3,(H,6,7,8);3-5H2,1-2H3;3*3-4H2,1-2H3;1H2,2-3H3/p-1/b;8-7+,10-9-;;;6-4-,7-5-;;;;5-3-,6-4-;;;;;;;/i;;;;;;;;;;;;;3D2,4D2;;. The quantitative estimate of drug-likeness (QED) is 0.0216. The predicted molar refractivity (Wildman–Crippen MR) is 644 cm³/mol. The normalized spacial score (nSPS) is 11.7. The monoisotopic (exact) mass is 2150 g/mol. The van der Waals surface area contributed by atoms with Crippen molar-refractivity contribution in [2.24, 2.45) is 4.99 Å². The van der Waals surface area contributed by atoms with E-state index in [0.717, 1.165) is 34.0 Å². The lowest BCUT2D eigenvalue weighted by atomic mass is 10.1. The van der Waals surface area contributed by atoms with Crippen LogP contribution in [0.3, 0.4) is 0 Å². The van der Waals surface area contributed by atoms with Gasteiger partial charge in [0.25, 0.3) is 0 Å². The van der Waals surface area contributed by atoms with E-state index >= 15 is 0 Å². The number of carbonyl (C=O) groups excluding carboxylic acids is 5. The summed E-state index contributed by atoms with van der Waals surface area (Å²) < 4.78 is 64.9. The lowest BCUT2D eigenvalue weighted by molar-refractivity contribution is -0.218. The van der Waals surface area contributed by atoms with Crippen LogP contribution in [0, 0.1) is 13.8 Å². The molecule has 2 atom stereocenters. The Hall–Kier alpha value is -2.24. The zero-order valence-corrected chi connectivity index (χ0v) is 104. The van der Waals surface area contributed by atoms with Crippen molar-refractivity contribution in [3.05, 3.63) is 157 Å². The minimum atomic E-state index is -3.28. The molecule has 0 saturated carbocycles. The Morgan fingerprint density at radius 1 is 0.530 bits per heavy atom. The van der Waals surface area contributed by atoms with Gasteiger partial charge in [0, 0.05) is 131 Å². The van der Waals surface area contributed by atoms with Crippen LogP contribution < -0.4 is 10.4 Å². The number of sulfonamides is 1. The minimum absolute atomic E-state index is 0.251. The van der Waals surface area contributed by atoms with Crippen molar-refractivity contribution in [3.8, 4) is 0 Å². The van der Waals surface area contributed by atoms with Gasteiger partial charge in [-0.1, -0.05) is 242 Å². The van der Waals surface area contributed by atoms with Crippen molar-refractivity contribution < 1.29 is 52.5 Å². The zero-order chi connectivity index (χ0) is 111. The number of allylic oxidation sites excluding steroid dienone is 11. The molecule has 0 spiro atoms. The summed E-state index contributed by atoms with van der Waals surface area (Å²) in [4.78, 5) is 63.7. The van der Waals surface area contributed by atoms with E-state index in [4.69, 9.17) is 5.48 Å². The number of rotatable bonds is 41. The molecule has 30 heteroatoms. The van der Waals surface area contributed by atoms with E-state index in [2.05, 4.69) is 209 Å². The van der Waals surface area contributed by atoms with E-state index in [-0.39, 0.29) is 29.8 Å². The number of ether oxygens (including phenoxy) is 2. The number of urea groups is 2. The average molecular weight is 2150 g/mol. The van der Waals surface area contributed by atoms with E-state index in [9.17, 15) is 37.5 Å². The number of nitrogens with zero attached hydrogens (tertiary/aromatic N) is 5. The molecule has 16 nitrogen and oxygen atoms in total. The summed E-state index contributed by atoms with van der Waals surface area (Å²) in [6, 6.07) is 14.8. The number of thioether (sulfide) groups is 13. The first-order chi connectivity index (χ1) is 64.8. The Morgan fingerprint density at radius 2 is 0.940 bits per heavy atom. The van der Waals surface area contributed by atoms with Crippen LogP contribution in [-0.4, -0.2) is 265 Å². The number of carbonyl (C=O) groups is 5. The van der Waals surface area contributed by atoms with Crippen LogP contribution in [0.4, 0.5) is 9.59 Å². The minimum Gasteiger partial charge on any atom is -0.862 e. The molecule has 1 N–H and O–H groups in total. The van der Waals surface area contributed by atoms with Gasteiger partial charge >= 0.3 is 12.1 Å². The summed E-state index contributed by atoms with van der Waals surface area (Å²) in [6.07, 6.45) is 59.8. The third-order valence-electron chi connectivity index (χ3n) is 16.6. The SMILES string of the molecule is C/C=C\C(C)=C/C.C/C=C\C=C/C.C=C(C(CC)SC)C(CC)SC.C=C(SC)SC.CC(=O)N(C)C(=O)N(C)C.CC(=O)NC(=O)N(C)C.CCC([O-])=NC(C)=O.CCCCCC.CCCCCCC.CCCc1ccccc1C.CCN(CC)S(=O)(=O)c1ccc(C)cc1.COCCOC.CS/C(C)=C(SC)/C(C)=C(\C)SC.CSCCCSC.CSCCSC.[2H]C([2H])(SC)C([2H])([2H])SC. The van der Waals surface area contributed by atoms with Gasteiger partial charge in [-0.3, -0.25) is 24.6 Å². The van der Waals surface area contributed by atoms with Gasteiger partial charge in [0.15, 0.2) is 0 Å². The second-order valence-corrected chi connectivity index (χ2v) is 42.3. The number of methoxy groups -OCH3 is 2. The number of amides is 7. The first-order valence-corrected chi connectivity index (χ1v) is 63.8. The van der Waals surface area contributed by atoms with Crippen LogP contribution in [-0.2, 0) is 40.3 Å². The highest BCUT2D eigenvalue weighted by molar-refractivity contribution is 8.21. The topological polar surface area (TPSA) is 198 Å². The molecule has 2 rings (SSSR count). The van der Waals surface area contributed by atoms with E-state index in [1.165, 1.54) is 202 Å². The molecule has 0 radical (unpaired) electrons.